The van der Waals surface area contributed by atoms with Crippen molar-refractivity contribution in [3.63, 3.8) is 0 Å². The Morgan fingerprint density at radius 2 is 2.04 bits per heavy atom. The number of carbonyl (C=O) groups is 1. The second kappa shape index (κ2) is 6.68. The van der Waals surface area contributed by atoms with Gasteiger partial charge in [-0.05, 0) is 54.3 Å². The van der Waals surface area contributed by atoms with E-state index in [2.05, 4.69) is 4.72 Å². The summed E-state index contributed by atoms with van der Waals surface area (Å²) in [7, 11) is -3.62. The molecular weight excluding hydrogens is 370 g/mol. The molecule has 4 rings (SSSR count). The Morgan fingerprint density at radius 3 is 2.77 bits per heavy atom. The maximum absolute atomic E-state index is 12.8. The first-order valence-electron chi connectivity index (χ1n) is 8.65. The quantitative estimate of drug-likeness (QED) is 0.837. The minimum atomic E-state index is -3.62. The van der Waals surface area contributed by atoms with Gasteiger partial charge in [0.2, 0.25) is 0 Å². The first-order chi connectivity index (χ1) is 12.4. The predicted octanol–water partition coefficient (Wildman–Crippen LogP) is 2.36. The van der Waals surface area contributed by atoms with Gasteiger partial charge in [0.15, 0.2) is 0 Å². The van der Waals surface area contributed by atoms with Gasteiger partial charge < -0.3 is 10.6 Å². The van der Waals surface area contributed by atoms with Crippen molar-refractivity contribution < 1.29 is 13.2 Å². The number of likely N-dealkylation sites (tertiary alicyclic amines) is 1. The molecule has 3 unspecified atom stereocenters. The van der Waals surface area contributed by atoms with Crippen molar-refractivity contribution >= 4 is 33.0 Å². The molecule has 3 atom stereocenters. The molecule has 2 fully saturated rings. The molecule has 1 aliphatic heterocycles. The summed E-state index contributed by atoms with van der Waals surface area (Å²) < 4.78 is 27.5. The van der Waals surface area contributed by atoms with E-state index in [0.29, 0.717) is 29.6 Å². The Balaban J connectivity index is 1.50. The van der Waals surface area contributed by atoms with Gasteiger partial charge in [-0.25, -0.2) is 8.42 Å². The van der Waals surface area contributed by atoms with Gasteiger partial charge >= 0.3 is 0 Å². The fourth-order valence-corrected chi connectivity index (χ4v) is 6.04. The van der Waals surface area contributed by atoms with E-state index in [4.69, 9.17) is 5.73 Å². The fraction of sp³-hybridized carbons (Fsp3) is 0.389. The minimum absolute atomic E-state index is 0.0660. The van der Waals surface area contributed by atoms with Gasteiger partial charge in [-0.15, -0.1) is 11.3 Å². The normalized spacial score (nSPS) is 25.3. The number of nitrogens with one attached hydrogen (secondary N) is 1. The summed E-state index contributed by atoms with van der Waals surface area (Å²) in [6.07, 6.45) is 2.12. The van der Waals surface area contributed by atoms with Crippen LogP contribution in [0.3, 0.4) is 0 Å². The first-order valence-corrected chi connectivity index (χ1v) is 11.0. The number of hydrogen-bond donors (Lipinski definition) is 2. The van der Waals surface area contributed by atoms with Crippen LogP contribution in [0.15, 0.2) is 46.0 Å². The van der Waals surface area contributed by atoms with Crippen molar-refractivity contribution in [2.75, 3.05) is 17.8 Å². The van der Waals surface area contributed by atoms with Crippen molar-refractivity contribution in [2.24, 2.45) is 17.6 Å². The monoisotopic (exact) mass is 391 g/mol. The van der Waals surface area contributed by atoms with Gasteiger partial charge in [-0.2, -0.15) is 0 Å². The summed E-state index contributed by atoms with van der Waals surface area (Å²) in [5, 5.41) is 1.71. The van der Waals surface area contributed by atoms with E-state index in [-0.39, 0.29) is 16.2 Å². The van der Waals surface area contributed by atoms with E-state index < -0.39 is 10.0 Å². The highest BCUT2D eigenvalue weighted by molar-refractivity contribution is 7.94. The van der Waals surface area contributed by atoms with Gasteiger partial charge in [-0.3, -0.25) is 9.52 Å². The van der Waals surface area contributed by atoms with Crippen LogP contribution < -0.4 is 10.5 Å². The third-order valence-corrected chi connectivity index (χ3v) is 8.10. The number of nitrogens with zero attached hydrogens (tertiary/aromatic N) is 1. The Labute approximate surface area is 157 Å². The van der Waals surface area contributed by atoms with Gasteiger partial charge in [-0.1, -0.05) is 12.1 Å². The zero-order chi connectivity index (χ0) is 18.3. The van der Waals surface area contributed by atoms with Crippen molar-refractivity contribution in [2.45, 2.75) is 23.1 Å². The van der Waals surface area contributed by atoms with Gasteiger partial charge in [0.25, 0.3) is 15.9 Å². The van der Waals surface area contributed by atoms with Crippen LogP contribution in [0.5, 0.6) is 0 Å². The molecule has 138 valence electrons. The van der Waals surface area contributed by atoms with Gasteiger partial charge in [0.1, 0.15) is 4.21 Å². The number of anilines is 1. The summed E-state index contributed by atoms with van der Waals surface area (Å²) >= 11 is 1.15. The van der Waals surface area contributed by atoms with Crippen LogP contribution in [0.25, 0.3) is 0 Å². The summed E-state index contributed by atoms with van der Waals surface area (Å²) in [6.45, 7) is 1.43. The molecule has 0 radical (unpaired) electrons. The van der Waals surface area contributed by atoms with Crippen molar-refractivity contribution in [3.05, 3.63) is 47.3 Å². The van der Waals surface area contributed by atoms with Gasteiger partial charge in [0, 0.05) is 30.4 Å². The van der Waals surface area contributed by atoms with Gasteiger partial charge in [0.05, 0.1) is 0 Å². The molecule has 1 saturated carbocycles. The lowest BCUT2D eigenvalue weighted by Crippen LogP contribution is -2.33. The molecule has 1 aromatic carbocycles. The highest BCUT2D eigenvalue weighted by Gasteiger charge is 2.42. The number of sulfonamides is 1. The largest absolute Gasteiger partial charge is 0.338 e. The molecule has 3 N–H and O–H groups in total. The Hall–Kier alpha value is -1.90. The first kappa shape index (κ1) is 17.5. The van der Waals surface area contributed by atoms with E-state index in [0.717, 1.165) is 30.7 Å². The molecule has 1 aliphatic carbocycles. The van der Waals surface area contributed by atoms with Crippen LogP contribution >= 0.6 is 11.3 Å². The second-order valence-electron chi connectivity index (χ2n) is 6.99. The number of thiophene rings is 1. The Morgan fingerprint density at radius 1 is 1.19 bits per heavy atom. The average molecular weight is 392 g/mol. The molecule has 2 aliphatic rings. The summed E-state index contributed by atoms with van der Waals surface area (Å²) in [6, 6.07) is 10.1. The third-order valence-electron chi connectivity index (χ3n) is 5.32. The zero-order valence-corrected chi connectivity index (χ0v) is 15.8. The number of rotatable bonds is 4. The van der Waals surface area contributed by atoms with Crippen LogP contribution in [0, 0.1) is 11.8 Å². The Bertz CT molecular complexity index is 912. The molecule has 1 saturated heterocycles. The SMILES string of the molecule is NC1CCC2CN(C(=O)c3cccc(NS(=O)(=O)c4cccs4)c3)CC12. The van der Waals surface area contributed by atoms with Crippen LogP contribution in [0.1, 0.15) is 23.2 Å². The van der Waals surface area contributed by atoms with E-state index >= 15 is 0 Å². The molecule has 6 nitrogen and oxygen atoms in total. The average Bonchev–Trinajstić information content (AvgIpc) is 3.33. The minimum Gasteiger partial charge on any atom is -0.338 e. The van der Waals surface area contributed by atoms with E-state index in [1.807, 2.05) is 4.90 Å². The number of carbonyl (C=O) groups excluding carboxylic acids is 1. The lowest BCUT2D eigenvalue weighted by molar-refractivity contribution is 0.0779. The summed E-state index contributed by atoms with van der Waals surface area (Å²) in [5.41, 5.74) is 7.03. The molecule has 1 aromatic heterocycles. The second-order valence-corrected chi connectivity index (χ2v) is 9.85. The molecular formula is C18H21N3O3S2. The van der Waals surface area contributed by atoms with Crippen LogP contribution in [-0.4, -0.2) is 38.4 Å². The number of benzene rings is 1. The van der Waals surface area contributed by atoms with Crippen molar-refractivity contribution in [3.8, 4) is 0 Å². The smallest absolute Gasteiger partial charge is 0.271 e. The number of fused-ring (bicyclic) bond motifs is 1. The van der Waals surface area contributed by atoms with Crippen LogP contribution in [0.2, 0.25) is 0 Å². The zero-order valence-electron chi connectivity index (χ0n) is 14.2. The standard InChI is InChI=1S/C18H21N3O3S2/c19-16-7-6-13-10-21(11-15(13)16)18(22)12-3-1-4-14(9-12)20-26(23,24)17-5-2-8-25-17/h1-5,8-9,13,15-16,20H,6-7,10-11,19H2. The number of hydrogen-bond acceptors (Lipinski definition) is 5. The molecule has 0 bridgehead atoms. The van der Waals surface area contributed by atoms with Crippen molar-refractivity contribution in [1.29, 1.82) is 0 Å². The van der Waals surface area contributed by atoms with E-state index in [9.17, 15) is 13.2 Å². The Kier molecular flexibility index (Phi) is 4.50. The molecule has 2 heterocycles. The van der Waals surface area contributed by atoms with Crippen LogP contribution in [-0.2, 0) is 10.0 Å². The molecule has 26 heavy (non-hydrogen) atoms. The third kappa shape index (κ3) is 3.24. The maximum Gasteiger partial charge on any atom is 0.271 e. The maximum atomic E-state index is 12.8. The molecule has 8 heteroatoms. The molecule has 1 amide bonds. The lowest BCUT2D eigenvalue weighted by Gasteiger charge is -2.19. The van der Waals surface area contributed by atoms with Crippen LogP contribution in [0.4, 0.5) is 5.69 Å². The predicted molar refractivity (Wildman–Crippen MR) is 102 cm³/mol. The lowest BCUT2D eigenvalue weighted by atomic mass is 9.98. The summed E-state index contributed by atoms with van der Waals surface area (Å²) in [4.78, 5) is 14.7. The van der Waals surface area contributed by atoms with E-state index in [1.54, 1.807) is 41.8 Å². The summed E-state index contributed by atoms with van der Waals surface area (Å²) in [5.74, 6) is 0.817. The highest BCUT2D eigenvalue weighted by atomic mass is 32.2. The topological polar surface area (TPSA) is 92.5 Å². The molecule has 2 aromatic rings. The number of amides is 1. The number of nitrogens with two attached hydrogens (primary N) is 1. The van der Waals surface area contributed by atoms with E-state index in [1.165, 1.54) is 0 Å². The molecule has 0 spiro atoms. The highest BCUT2D eigenvalue weighted by Crippen LogP contribution is 2.37. The fourth-order valence-electron chi connectivity index (χ4n) is 3.99. The van der Waals surface area contributed by atoms with Crippen molar-refractivity contribution in [1.82, 2.24) is 4.90 Å².